The molecule has 0 unspecified atom stereocenters. The third kappa shape index (κ3) is 3.08. The van der Waals surface area contributed by atoms with E-state index < -0.39 is 5.97 Å². The number of aromatic amines is 1. The first-order chi connectivity index (χ1) is 13.2. The normalized spacial score (nSPS) is 13.3. The Labute approximate surface area is 154 Å². The van der Waals surface area contributed by atoms with Crippen molar-refractivity contribution in [2.75, 3.05) is 13.2 Å². The first-order valence-corrected chi connectivity index (χ1v) is 8.72. The van der Waals surface area contributed by atoms with E-state index in [0.717, 1.165) is 5.52 Å². The van der Waals surface area contributed by atoms with Gasteiger partial charge in [0, 0.05) is 11.9 Å². The van der Waals surface area contributed by atoms with Gasteiger partial charge in [-0.05, 0) is 31.0 Å². The number of ether oxygens (including phenoxy) is 1. The van der Waals surface area contributed by atoms with Gasteiger partial charge in [-0.1, -0.05) is 30.3 Å². The number of carbonyl (C=O) groups is 3. The van der Waals surface area contributed by atoms with Crippen LogP contribution in [0.15, 0.2) is 48.5 Å². The summed E-state index contributed by atoms with van der Waals surface area (Å²) in [6, 6.07) is 14.1. The highest BCUT2D eigenvalue weighted by atomic mass is 16.5. The summed E-state index contributed by atoms with van der Waals surface area (Å²) in [4.78, 5) is 37.9. The number of esters is 1. The highest BCUT2D eigenvalue weighted by Gasteiger charge is 2.34. The van der Waals surface area contributed by atoms with Gasteiger partial charge >= 0.3 is 5.97 Å². The number of aromatic nitrogens is 2. The number of imide groups is 1. The molecule has 2 amide bonds. The summed E-state index contributed by atoms with van der Waals surface area (Å²) in [5.74, 6) is -1.03. The largest absolute Gasteiger partial charge is 0.461 e. The lowest BCUT2D eigenvalue weighted by atomic mass is 10.1. The smallest absolute Gasteiger partial charge is 0.359 e. The Morgan fingerprint density at radius 3 is 2.37 bits per heavy atom. The highest BCUT2D eigenvalue weighted by molar-refractivity contribution is 6.21. The topological polar surface area (TPSA) is 92.4 Å². The van der Waals surface area contributed by atoms with Crippen LogP contribution >= 0.6 is 0 Å². The molecule has 2 heterocycles. The van der Waals surface area contributed by atoms with Crippen molar-refractivity contribution in [1.82, 2.24) is 15.1 Å². The molecule has 0 atom stereocenters. The van der Waals surface area contributed by atoms with Crippen LogP contribution in [0, 0.1) is 0 Å². The number of carbonyl (C=O) groups excluding carboxylic acids is 3. The molecule has 1 aromatic heterocycles. The van der Waals surface area contributed by atoms with E-state index in [2.05, 4.69) is 10.2 Å². The SMILES string of the molecule is O=C(OCCCCN1C(=O)c2ccccc2C1=O)c1n[nH]c2ccccc12. The van der Waals surface area contributed by atoms with Crippen molar-refractivity contribution in [2.24, 2.45) is 0 Å². The van der Waals surface area contributed by atoms with Gasteiger partial charge in [-0.3, -0.25) is 19.6 Å². The summed E-state index contributed by atoms with van der Waals surface area (Å²) in [7, 11) is 0. The van der Waals surface area contributed by atoms with Crippen molar-refractivity contribution in [3.63, 3.8) is 0 Å². The van der Waals surface area contributed by atoms with Crippen LogP contribution in [-0.4, -0.2) is 46.0 Å². The highest BCUT2D eigenvalue weighted by Crippen LogP contribution is 2.22. The standard InChI is InChI=1S/C20H17N3O4/c24-18-13-7-1-2-8-14(13)19(25)23(18)11-5-6-12-27-20(26)17-15-9-3-4-10-16(15)21-22-17/h1-4,7-10H,5-6,11-12H2,(H,21,22). The van der Waals surface area contributed by atoms with E-state index in [0.29, 0.717) is 35.9 Å². The summed E-state index contributed by atoms with van der Waals surface area (Å²) in [6.07, 6.45) is 1.10. The van der Waals surface area contributed by atoms with Crippen LogP contribution < -0.4 is 0 Å². The van der Waals surface area contributed by atoms with Gasteiger partial charge in [-0.25, -0.2) is 4.79 Å². The molecule has 0 saturated carbocycles. The molecule has 3 aromatic rings. The fraction of sp³-hybridized carbons (Fsp3) is 0.200. The lowest BCUT2D eigenvalue weighted by molar-refractivity contribution is 0.0481. The molecule has 0 aliphatic carbocycles. The number of benzene rings is 2. The molecule has 1 aliphatic rings. The number of para-hydroxylation sites is 1. The number of fused-ring (bicyclic) bond motifs is 2. The van der Waals surface area contributed by atoms with Gasteiger partial charge in [0.05, 0.1) is 23.3 Å². The maximum Gasteiger partial charge on any atom is 0.359 e. The minimum Gasteiger partial charge on any atom is -0.461 e. The minimum absolute atomic E-state index is 0.198. The van der Waals surface area contributed by atoms with E-state index in [1.54, 1.807) is 30.3 Å². The quantitative estimate of drug-likeness (QED) is 0.413. The zero-order chi connectivity index (χ0) is 18.8. The van der Waals surface area contributed by atoms with E-state index in [9.17, 15) is 14.4 Å². The van der Waals surface area contributed by atoms with Gasteiger partial charge in [0.2, 0.25) is 0 Å². The van der Waals surface area contributed by atoms with E-state index in [1.807, 2.05) is 18.2 Å². The molecule has 0 radical (unpaired) electrons. The molecule has 0 saturated heterocycles. The molecule has 1 N–H and O–H groups in total. The Bertz CT molecular complexity index is 1010. The Morgan fingerprint density at radius 1 is 0.963 bits per heavy atom. The number of hydrogen-bond donors (Lipinski definition) is 1. The first kappa shape index (κ1) is 17.0. The van der Waals surface area contributed by atoms with Crippen molar-refractivity contribution >= 4 is 28.7 Å². The van der Waals surface area contributed by atoms with E-state index >= 15 is 0 Å². The zero-order valence-electron chi connectivity index (χ0n) is 14.5. The van der Waals surface area contributed by atoms with Crippen LogP contribution in [0.25, 0.3) is 10.9 Å². The molecule has 2 aromatic carbocycles. The Balaban J connectivity index is 1.27. The second-order valence-electron chi connectivity index (χ2n) is 6.27. The number of rotatable bonds is 6. The van der Waals surface area contributed by atoms with Gasteiger partial charge in [-0.2, -0.15) is 5.10 Å². The number of nitrogens with one attached hydrogen (secondary N) is 1. The third-order valence-electron chi connectivity index (χ3n) is 4.55. The second-order valence-corrected chi connectivity index (χ2v) is 6.27. The van der Waals surface area contributed by atoms with E-state index in [1.165, 1.54) is 4.90 Å². The molecule has 0 spiro atoms. The van der Waals surface area contributed by atoms with Crippen molar-refractivity contribution in [3.05, 3.63) is 65.4 Å². The molecule has 7 heteroatoms. The number of amides is 2. The lowest BCUT2D eigenvalue weighted by Crippen LogP contribution is -2.30. The van der Waals surface area contributed by atoms with Crippen molar-refractivity contribution in [1.29, 1.82) is 0 Å². The van der Waals surface area contributed by atoms with Gasteiger partial charge in [0.1, 0.15) is 0 Å². The average molecular weight is 363 g/mol. The molecule has 4 rings (SSSR count). The number of H-pyrrole nitrogens is 1. The van der Waals surface area contributed by atoms with Crippen LogP contribution in [0.4, 0.5) is 0 Å². The van der Waals surface area contributed by atoms with E-state index in [4.69, 9.17) is 4.74 Å². The van der Waals surface area contributed by atoms with Crippen molar-refractivity contribution < 1.29 is 19.1 Å². The van der Waals surface area contributed by atoms with Gasteiger partial charge in [0.25, 0.3) is 11.8 Å². The fourth-order valence-corrected chi connectivity index (χ4v) is 3.17. The zero-order valence-corrected chi connectivity index (χ0v) is 14.5. The van der Waals surface area contributed by atoms with E-state index in [-0.39, 0.29) is 24.1 Å². The summed E-state index contributed by atoms with van der Waals surface area (Å²) < 4.78 is 5.26. The fourth-order valence-electron chi connectivity index (χ4n) is 3.17. The summed E-state index contributed by atoms with van der Waals surface area (Å²) >= 11 is 0. The number of nitrogens with zero attached hydrogens (tertiary/aromatic N) is 2. The maximum absolute atomic E-state index is 12.3. The first-order valence-electron chi connectivity index (χ1n) is 8.72. The molecule has 0 fully saturated rings. The predicted octanol–water partition coefficient (Wildman–Crippen LogP) is 2.80. The predicted molar refractivity (Wildman–Crippen MR) is 97.4 cm³/mol. The average Bonchev–Trinajstić information content (AvgIpc) is 3.23. The molecule has 0 bridgehead atoms. The third-order valence-corrected chi connectivity index (χ3v) is 4.55. The Kier molecular flexibility index (Phi) is 4.42. The monoisotopic (exact) mass is 363 g/mol. The number of hydrogen-bond acceptors (Lipinski definition) is 5. The van der Waals surface area contributed by atoms with Gasteiger partial charge in [-0.15, -0.1) is 0 Å². The van der Waals surface area contributed by atoms with Crippen LogP contribution in [0.2, 0.25) is 0 Å². The van der Waals surface area contributed by atoms with Crippen LogP contribution in [0.3, 0.4) is 0 Å². The van der Waals surface area contributed by atoms with Crippen LogP contribution in [0.1, 0.15) is 44.0 Å². The Morgan fingerprint density at radius 2 is 1.63 bits per heavy atom. The molecule has 1 aliphatic heterocycles. The lowest BCUT2D eigenvalue weighted by Gasteiger charge is -2.13. The van der Waals surface area contributed by atoms with Crippen molar-refractivity contribution in [3.8, 4) is 0 Å². The summed E-state index contributed by atoms with van der Waals surface area (Å²) in [5, 5.41) is 7.51. The van der Waals surface area contributed by atoms with Crippen LogP contribution in [0.5, 0.6) is 0 Å². The molecule has 7 nitrogen and oxygen atoms in total. The molecular weight excluding hydrogens is 346 g/mol. The summed E-state index contributed by atoms with van der Waals surface area (Å²) in [6.45, 7) is 0.498. The second kappa shape index (κ2) is 7.03. The summed E-state index contributed by atoms with van der Waals surface area (Å²) in [5.41, 5.74) is 1.92. The van der Waals surface area contributed by atoms with Crippen molar-refractivity contribution in [2.45, 2.75) is 12.8 Å². The van der Waals surface area contributed by atoms with Gasteiger partial charge in [0.15, 0.2) is 5.69 Å². The Hall–Kier alpha value is -3.48. The maximum atomic E-state index is 12.3. The van der Waals surface area contributed by atoms with Crippen LogP contribution in [-0.2, 0) is 4.74 Å². The molecule has 27 heavy (non-hydrogen) atoms. The number of unbranched alkanes of at least 4 members (excludes halogenated alkanes) is 1. The van der Waals surface area contributed by atoms with Gasteiger partial charge < -0.3 is 4.74 Å². The molecular formula is C20H17N3O4. The molecule has 136 valence electrons. The minimum atomic E-state index is -0.492.